The van der Waals surface area contributed by atoms with Crippen LogP contribution in [-0.4, -0.2) is 102 Å². The monoisotopic (exact) mass is 790 g/mol. The molecule has 4 aromatic rings. The first-order valence-corrected chi connectivity index (χ1v) is 19.6. The number of alkyl carbamates (subject to hydrolysis) is 2. The summed E-state index contributed by atoms with van der Waals surface area (Å²) < 4.78 is 8.92. The summed E-state index contributed by atoms with van der Waals surface area (Å²) in [4.78, 5) is 71.8. The van der Waals surface area contributed by atoms with Crippen LogP contribution in [0.1, 0.15) is 92.4 Å². The maximum Gasteiger partial charge on any atom is 0.407 e. The molecule has 0 bridgehead atoms. The molecule has 2 aromatic heterocycles. The molecule has 57 heavy (non-hydrogen) atoms. The summed E-state index contributed by atoms with van der Waals surface area (Å²) in [5.74, 6) is 0.407. The molecule has 5 rings (SSSR count). The van der Waals surface area contributed by atoms with E-state index >= 15 is 0 Å². The van der Waals surface area contributed by atoms with Crippen LogP contribution in [0, 0.1) is 0 Å². The minimum absolute atomic E-state index is 0.0248. The summed E-state index contributed by atoms with van der Waals surface area (Å²) in [5, 5.41) is 8.49. The number of H-pyrrole nitrogens is 2. The standard InChI is InChI=1S/C27H30N6O4.C9H16N2O3.2C3H8/c1-4-11-33(25(35)15-29-27(36)37-3)17(2)26-28-14-24(32-26)19-7-5-18(6-8-19)23-13-20-12-21(30-16-34)9-10-22(20)31-23;1-7-4-3-5-11(7)8(12)6-10-9(13)14-2;2*1-3-2/h5-10,12-14,16-17,31H,4,11,15H2,1-3H3,(H,28,32)(H,29,36)(H,30,34);7H,3-6H2,1-2H3,(H,10,13);2*3H2,1-2H3/t17-;7-;;/m10../s1. The van der Waals surface area contributed by atoms with Crippen LogP contribution < -0.4 is 16.0 Å². The SMILES string of the molecule is CCC.CCC.CCCN(C(=O)CNC(=O)OC)[C@H](C)c1ncc(-c2ccc(-c3cc4cc(NC=O)ccc4[nH]3)cc2)[nH]1.COC(=O)NCC(=O)N1CCC[C@@H]1C. The molecular weight excluding hydrogens is 729 g/mol. The van der Waals surface area contributed by atoms with Crippen LogP contribution in [0.15, 0.2) is 54.7 Å². The quantitative estimate of drug-likeness (QED) is 0.0905. The van der Waals surface area contributed by atoms with Gasteiger partial charge in [0.05, 0.1) is 32.2 Å². The highest BCUT2D eigenvalue weighted by molar-refractivity contribution is 5.90. The molecule has 0 saturated carbocycles. The number of aromatic amines is 2. The van der Waals surface area contributed by atoms with Crippen molar-refractivity contribution in [3.63, 3.8) is 0 Å². The molecule has 0 aliphatic carbocycles. The molecule has 1 aliphatic rings. The minimum atomic E-state index is -0.645. The molecule has 1 aliphatic heterocycles. The molecule has 0 spiro atoms. The molecule has 2 aromatic carbocycles. The lowest BCUT2D eigenvalue weighted by Crippen LogP contribution is -2.42. The van der Waals surface area contributed by atoms with E-state index in [-0.39, 0.29) is 30.9 Å². The second-order valence-corrected chi connectivity index (χ2v) is 13.5. The number of carbonyl (C=O) groups is 5. The molecule has 0 radical (unpaired) electrons. The molecule has 0 unspecified atom stereocenters. The topological polar surface area (TPSA) is 191 Å². The highest BCUT2D eigenvalue weighted by Gasteiger charge is 2.25. The Kier molecular flexibility index (Phi) is 21.0. The predicted octanol–water partition coefficient (Wildman–Crippen LogP) is 7.63. The Hall–Kier alpha value is -5.86. The Morgan fingerprint density at radius 2 is 1.49 bits per heavy atom. The zero-order chi connectivity index (χ0) is 42.3. The van der Waals surface area contributed by atoms with Gasteiger partial charge in [-0.15, -0.1) is 0 Å². The lowest BCUT2D eigenvalue weighted by molar-refractivity contribution is -0.132. The predicted molar refractivity (Wildman–Crippen MR) is 225 cm³/mol. The Labute approximate surface area is 336 Å². The van der Waals surface area contributed by atoms with Crippen LogP contribution in [0.3, 0.4) is 0 Å². The Balaban J connectivity index is 0.000000464. The van der Waals surface area contributed by atoms with E-state index in [4.69, 9.17) is 0 Å². The third-order valence-electron chi connectivity index (χ3n) is 8.61. The van der Waals surface area contributed by atoms with Gasteiger partial charge >= 0.3 is 12.2 Å². The average molecular weight is 791 g/mol. The first-order valence-electron chi connectivity index (χ1n) is 19.6. The van der Waals surface area contributed by atoms with Gasteiger partial charge in [0.25, 0.3) is 0 Å². The van der Waals surface area contributed by atoms with Crippen molar-refractivity contribution in [2.24, 2.45) is 0 Å². The van der Waals surface area contributed by atoms with Crippen LogP contribution in [0.2, 0.25) is 0 Å². The smallest absolute Gasteiger partial charge is 0.407 e. The van der Waals surface area contributed by atoms with Crippen LogP contribution in [-0.2, 0) is 23.9 Å². The number of likely N-dealkylation sites (tertiary alicyclic amines) is 1. The Morgan fingerprint density at radius 3 is 2.04 bits per heavy atom. The van der Waals surface area contributed by atoms with Gasteiger partial charge in [0.1, 0.15) is 18.9 Å². The number of aromatic nitrogens is 3. The number of hydrogen-bond acceptors (Lipinski definition) is 8. The zero-order valence-electron chi connectivity index (χ0n) is 35.0. The van der Waals surface area contributed by atoms with E-state index < -0.39 is 12.2 Å². The number of imidazole rings is 1. The lowest BCUT2D eigenvalue weighted by Gasteiger charge is -2.27. The van der Waals surface area contributed by atoms with Crippen molar-refractivity contribution >= 4 is 47.0 Å². The lowest BCUT2D eigenvalue weighted by atomic mass is 10.1. The number of nitrogens with one attached hydrogen (secondary N) is 5. The molecule has 1 saturated heterocycles. The van der Waals surface area contributed by atoms with E-state index in [9.17, 15) is 24.0 Å². The van der Waals surface area contributed by atoms with Crippen LogP contribution in [0.4, 0.5) is 15.3 Å². The zero-order valence-corrected chi connectivity index (χ0v) is 35.0. The van der Waals surface area contributed by atoms with E-state index in [2.05, 4.69) is 68.1 Å². The summed E-state index contributed by atoms with van der Waals surface area (Å²) >= 11 is 0. The third kappa shape index (κ3) is 15.0. The molecule has 1 fully saturated rings. The summed E-state index contributed by atoms with van der Waals surface area (Å²) in [6, 6.07) is 15.8. The van der Waals surface area contributed by atoms with Gasteiger partial charge in [-0.25, -0.2) is 14.6 Å². The molecular formula is C42H62N8O7. The number of rotatable bonds is 12. The molecule has 2 atom stereocenters. The average Bonchev–Trinajstić information content (AvgIpc) is 3.99. The molecule has 312 valence electrons. The summed E-state index contributed by atoms with van der Waals surface area (Å²) in [6.07, 6.45) is 6.57. The highest BCUT2D eigenvalue weighted by atomic mass is 16.5. The number of ether oxygens (including phenoxy) is 2. The third-order valence-corrected chi connectivity index (χ3v) is 8.61. The number of hydrogen-bond donors (Lipinski definition) is 5. The van der Waals surface area contributed by atoms with Crippen molar-refractivity contribution in [3.05, 3.63) is 60.6 Å². The van der Waals surface area contributed by atoms with E-state index in [1.807, 2.05) is 69.3 Å². The fourth-order valence-corrected chi connectivity index (χ4v) is 5.84. The first kappa shape index (κ1) is 47.3. The van der Waals surface area contributed by atoms with E-state index in [0.29, 0.717) is 24.8 Å². The summed E-state index contributed by atoms with van der Waals surface area (Å²) in [5.41, 5.74) is 5.52. The van der Waals surface area contributed by atoms with E-state index in [0.717, 1.165) is 64.9 Å². The largest absolute Gasteiger partial charge is 0.453 e. The van der Waals surface area contributed by atoms with E-state index in [1.165, 1.54) is 27.1 Å². The van der Waals surface area contributed by atoms with Gasteiger partial charge in [0.15, 0.2) is 0 Å². The second-order valence-electron chi connectivity index (χ2n) is 13.5. The van der Waals surface area contributed by atoms with Gasteiger partial charge in [0, 0.05) is 41.4 Å². The fraction of sp³-hybridized carbons (Fsp3) is 0.476. The van der Waals surface area contributed by atoms with E-state index in [1.54, 1.807) is 16.0 Å². The van der Waals surface area contributed by atoms with Gasteiger partial charge in [-0.2, -0.15) is 0 Å². The number of fused-ring (bicyclic) bond motifs is 1. The van der Waals surface area contributed by atoms with Gasteiger partial charge < -0.3 is 45.2 Å². The minimum Gasteiger partial charge on any atom is -0.453 e. The number of methoxy groups -OCH3 is 2. The highest BCUT2D eigenvalue weighted by Crippen LogP contribution is 2.29. The first-order chi connectivity index (χ1) is 27.4. The van der Waals surface area contributed by atoms with Gasteiger partial charge in [0.2, 0.25) is 18.2 Å². The van der Waals surface area contributed by atoms with Crippen molar-refractivity contribution in [1.29, 1.82) is 0 Å². The summed E-state index contributed by atoms with van der Waals surface area (Å²) in [6.45, 7) is 15.6. The van der Waals surface area contributed by atoms with Crippen molar-refractivity contribution in [3.8, 4) is 22.5 Å². The van der Waals surface area contributed by atoms with Crippen LogP contribution in [0.25, 0.3) is 33.4 Å². The van der Waals surface area contributed by atoms with Crippen LogP contribution >= 0.6 is 0 Å². The fourth-order valence-electron chi connectivity index (χ4n) is 5.84. The summed E-state index contributed by atoms with van der Waals surface area (Å²) in [7, 11) is 2.53. The Bertz CT molecular complexity index is 1840. The molecule has 15 heteroatoms. The second kappa shape index (κ2) is 25.3. The number of nitrogens with zero attached hydrogens (tertiary/aromatic N) is 3. The van der Waals surface area contributed by atoms with Crippen molar-refractivity contribution in [2.75, 3.05) is 45.7 Å². The van der Waals surface area contributed by atoms with Crippen molar-refractivity contribution in [2.45, 2.75) is 92.7 Å². The van der Waals surface area contributed by atoms with Gasteiger partial charge in [-0.1, -0.05) is 71.7 Å². The number of anilines is 1. The number of carbonyl (C=O) groups excluding carboxylic acids is 5. The maximum absolute atomic E-state index is 12.7. The normalized spacial score (nSPS) is 13.3. The molecule has 5 N–H and O–H groups in total. The van der Waals surface area contributed by atoms with Gasteiger partial charge in [-0.05, 0) is 68.5 Å². The van der Waals surface area contributed by atoms with Crippen molar-refractivity contribution in [1.82, 2.24) is 35.4 Å². The molecule has 15 nitrogen and oxygen atoms in total. The number of benzene rings is 2. The Morgan fingerprint density at radius 1 is 0.895 bits per heavy atom. The molecule has 5 amide bonds. The van der Waals surface area contributed by atoms with Crippen LogP contribution in [0.5, 0.6) is 0 Å². The maximum atomic E-state index is 12.7. The van der Waals surface area contributed by atoms with Crippen molar-refractivity contribution < 1.29 is 33.4 Å². The molecule has 3 heterocycles. The number of amides is 5. The van der Waals surface area contributed by atoms with Gasteiger partial charge in [-0.3, -0.25) is 14.4 Å².